The molecule has 2 saturated carbocycles. The Morgan fingerprint density at radius 1 is 0.968 bits per heavy atom. The Morgan fingerprint density at radius 3 is 2.13 bits per heavy atom. The molecule has 0 radical (unpaired) electrons. The Hall–Kier alpha value is -4.75. The second kappa shape index (κ2) is 18.0. The molecule has 6 N–H and O–H groups in total. The number of Topliss-reactive ketones (excluding diaryl/α,β-unsaturated/α-hetero) is 1. The minimum Gasteiger partial charge on any atom is -0.456 e. The van der Waals surface area contributed by atoms with E-state index in [0.29, 0.717) is 5.56 Å². The van der Waals surface area contributed by atoms with Crippen LogP contribution in [0.4, 0.5) is 4.79 Å². The summed E-state index contributed by atoms with van der Waals surface area (Å²) in [6.45, 7) is 14.5. The molecule has 0 spiro atoms. The number of alkyl carbamates (subject to hydrolysis) is 1. The van der Waals surface area contributed by atoms with E-state index in [1.807, 2.05) is 0 Å². The molecule has 1 unspecified atom stereocenters. The zero-order chi connectivity index (χ0) is 46.3. The number of aliphatic hydroxyl groups is 4. The number of hydrogen-bond acceptors (Lipinski definition) is 16. The summed E-state index contributed by atoms with van der Waals surface area (Å²) in [5.74, 6) is -5.36. The van der Waals surface area contributed by atoms with Gasteiger partial charge in [0.05, 0.1) is 49.0 Å². The van der Waals surface area contributed by atoms with Crippen LogP contribution < -0.4 is 10.6 Å². The number of esters is 3. The number of fused-ring (bicyclic) bond motifs is 5. The first-order valence-electron chi connectivity index (χ1n) is 21.1. The lowest BCUT2D eigenvalue weighted by atomic mass is 9.44. The van der Waals surface area contributed by atoms with E-state index in [-0.39, 0.29) is 29.7 Å². The van der Waals surface area contributed by atoms with Crippen LogP contribution in [0.25, 0.3) is 0 Å². The second-order valence-electron chi connectivity index (χ2n) is 18.6. The highest BCUT2D eigenvalue weighted by Crippen LogP contribution is 2.64. The van der Waals surface area contributed by atoms with E-state index in [9.17, 15) is 44.4 Å². The molecule has 344 valence electrons. The average molecular weight is 881 g/mol. The van der Waals surface area contributed by atoms with Crippen LogP contribution in [0.3, 0.4) is 0 Å². The average Bonchev–Trinajstić information content (AvgIpc) is 3.82. The lowest BCUT2D eigenvalue weighted by Crippen LogP contribution is -2.81. The Morgan fingerprint density at radius 2 is 1.60 bits per heavy atom. The van der Waals surface area contributed by atoms with Crippen LogP contribution >= 0.6 is 0 Å². The quantitative estimate of drug-likeness (QED) is 0.127. The summed E-state index contributed by atoms with van der Waals surface area (Å²) in [7, 11) is 0. The number of ether oxygens (including phenoxy) is 6. The normalized spacial score (nSPS) is 32.9. The minimum absolute atomic E-state index is 0.0637. The summed E-state index contributed by atoms with van der Waals surface area (Å²) in [6, 6.07) is 14.6. The molecule has 2 bridgehead atoms. The van der Waals surface area contributed by atoms with Crippen molar-refractivity contribution in [1.29, 1.82) is 0 Å². The first-order valence-corrected chi connectivity index (χ1v) is 21.1. The second-order valence-corrected chi connectivity index (χ2v) is 18.6. The van der Waals surface area contributed by atoms with Crippen molar-refractivity contribution in [3.8, 4) is 0 Å². The third-order valence-corrected chi connectivity index (χ3v) is 13.2. The van der Waals surface area contributed by atoms with Gasteiger partial charge < -0.3 is 54.2 Å². The van der Waals surface area contributed by atoms with Crippen molar-refractivity contribution in [2.45, 2.75) is 128 Å². The van der Waals surface area contributed by atoms with Gasteiger partial charge in [-0.2, -0.15) is 0 Å². The molecule has 17 heteroatoms. The van der Waals surface area contributed by atoms with Gasteiger partial charge in [0.1, 0.15) is 35.6 Å². The highest BCUT2D eigenvalue weighted by molar-refractivity contribution is 5.94. The highest BCUT2D eigenvalue weighted by atomic mass is 16.6. The van der Waals surface area contributed by atoms with E-state index in [2.05, 4.69) is 10.6 Å². The molecule has 7 rings (SSSR count). The van der Waals surface area contributed by atoms with Gasteiger partial charge in [-0.25, -0.2) is 14.4 Å². The number of carbonyl (C=O) groups is 5. The van der Waals surface area contributed by atoms with E-state index < -0.39 is 112 Å². The summed E-state index contributed by atoms with van der Waals surface area (Å²) in [5, 5.41) is 54.6. The number of ketones is 1. The van der Waals surface area contributed by atoms with Crippen molar-refractivity contribution in [2.24, 2.45) is 16.7 Å². The lowest BCUT2D eigenvalue weighted by Gasteiger charge is -2.67. The maximum absolute atomic E-state index is 14.9. The molecule has 2 heterocycles. The third kappa shape index (κ3) is 8.88. The Kier molecular flexibility index (Phi) is 13.7. The first kappa shape index (κ1) is 47.7. The van der Waals surface area contributed by atoms with Crippen LogP contribution in [0.15, 0.2) is 71.8 Å². The van der Waals surface area contributed by atoms with Crippen LogP contribution in [-0.2, 0) is 42.8 Å². The maximum atomic E-state index is 14.9. The molecular formula is C46H60N2O15. The third-order valence-electron chi connectivity index (χ3n) is 13.2. The van der Waals surface area contributed by atoms with Crippen molar-refractivity contribution in [2.75, 3.05) is 26.5 Å². The van der Waals surface area contributed by atoms with Crippen molar-refractivity contribution in [3.63, 3.8) is 0 Å². The fourth-order valence-electron chi connectivity index (χ4n) is 9.92. The van der Waals surface area contributed by atoms with Crippen LogP contribution in [0.5, 0.6) is 0 Å². The molecule has 17 nitrogen and oxygen atoms in total. The Bertz CT molecular complexity index is 2060. The number of rotatable bonds is 8. The predicted octanol–water partition coefficient (Wildman–Crippen LogP) is 2.82. The molecule has 2 saturated heterocycles. The standard InChI is InChI=1S/C43H53NO14.C3H7NO/c1-22-26(55-37(51)32(48)30(24-15-11-9-12-16-24)44-38(52)58-39(3,4)5)20-43(53)35(56-36(50)25-17-13-10-14-18-25)33-41(8,34(49)31(47)29(22)40(43,6)7)27(46)19-28-42(33,21-54-28)57-23(2)45;1-2-5-3-4-1/h9-18,26-28,30-33,35,46-48,53H,19-21H2,1-8H3,(H,44,52);4H,1-3H2/t26-,27-,28+,30-,31+,32?,33-,35-,41+,42-,43+;/m0./s1. The molecule has 4 fully saturated rings. The van der Waals surface area contributed by atoms with E-state index in [1.54, 1.807) is 83.1 Å². The first-order chi connectivity index (χ1) is 29.5. The fourth-order valence-corrected chi connectivity index (χ4v) is 9.92. The van der Waals surface area contributed by atoms with E-state index in [4.69, 9.17) is 28.4 Å². The topological polar surface area (TPSA) is 246 Å². The number of benzene rings is 2. The largest absolute Gasteiger partial charge is 0.456 e. The summed E-state index contributed by atoms with van der Waals surface area (Å²) in [4.78, 5) is 68.9. The lowest BCUT2D eigenvalue weighted by molar-refractivity contribution is -0.346. The van der Waals surface area contributed by atoms with Gasteiger partial charge in [-0.3, -0.25) is 14.9 Å². The number of amides is 1. The maximum Gasteiger partial charge on any atom is 0.408 e. The van der Waals surface area contributed by atoms with Gasteiger partial charge in [0.2, 0.25) is 0 Å². The number of carbonyl (C=O) groups excluding carboxylic acids is 5. The molecule has 63 heavy (non-hydrogen) atoms. The SMILES string of the molecule is C1COCN1.CC(=O)O[C@@]12CO[C@@H]1C[C@H](O)[C@@]1(C)C(=O)[C@H](O)C3=C(C)[C@@H](OC(=O)C(O)[C@@H](NC(=O)OC(C)(C)C)c4ccccc4)C[C@@](O)([C@@H](OC(=O)c4ccccc4)[C@H]21)C3(C)C. The number of aliphatic hydroxyl groups excluding tert-OH is 3. The van der Waals surface area contributed by atoms with E-state index >= 15 is 0 Å². The van der Waals surface area contributed by atoms with Gasteiger partial charge in [0, 0.05) is 31.7 Å². The Labute approximate surface area is 366 Å². The molecular weight excluding hydrogens is 821 g/mol. The van der Waals surface area contributed by atoms with Gasteiger partial charge >= 0.3 is 24.0 Å². The van der Waals surface area contributed by atoms with Crippen molar-refractivity contribution in [1.82, 2.24) is 10.6 Å². The van der Waals surface area contributed by atoms with Gasteiger partial charge in [-0.05, 0) is 63.5 Å². The van der Waals surface area contributed by atoms with Crippen molar-refractivity contribution >= 4 is 29.8 Å². The zero-order valence-electron chi connectivity index (χ0n) is 36.9. The van der Waals surface area contributed by atoms with E-state index in [0.717, 1.165) is 26.8 Å². The van der Waals surface area contributed by atoms with Crippen LogP contribution in [0, 0.1) is 16.7 Å². The molecule has 0 aromatic heterocycles. The summed E-state index contributed by atoms with van der Waals surface area (Å²) < 4.78 is 34.3. The highest BCUT2D eigenvalue weighted by Gasteiger charge is 2.78. The summed E-state index contributed by atoms with van der Waals surface area (Å²) in [5.41, 5.74) is -8.14. The van der Waals surface area contributed by atoms with Gasteiger partial charge in [-0.15, -0.1) is 0 Å². The van der Waals surface area contributed by atoms with Crippen LogP contribution in [-0.4, -0.2) is 130 Å². The van der Waals surface area contributed by atoms with Gasteiger partial charge in [0.25, 0.3) is 0 Å². The monoisotopic (exact) mass is 880 g/mol. The summed E-state index contributed by atoms with van der Waals surface area (Å²) in [6.07, 6.45) is -11.5. The Balaban J connectivity index is 0.00000123. The minimum atomic E-state index is -2.35. The fraction of sp³-hybridized carbons (Fsp3) is 0.587. The molecule has 11 atom stereocenters. The molecule has 5 aliphatic rings. The smallest absolute Gasteiger partial charge is 0.408 e. The zero-order valence-corrected chi connectivity index (χ0v) is 36.9. The van der Waals surface area contributed by atoms with Crippen LogP contribution in [0.1, 0.15) is 90.2 Å². The summed E-state index contributed by atoms with van der Waals surface area (Å²) >= 11 is 0. The number of hydrogen-bond donors (Lipinski definition) is 6. The van der Waals surface area contributed by atoms with Crippen molar-refractivity contribution in [3.05, 3.63) is 82.9 Å². The molecule has 3 aliphatic carbocycles. The molecule has 2 aliphatic heterocycles. The molecule has 2 aromatic carbocycles. The molecule has 2 aromatic rings. The number of nitrogens with one attached hydrogen (secondary N) is 2. The van der Waals surface area contributed by atoms with Gasteiger partial charge in [0.15, 0.2) is 17.5 Å². The molecule has 1 amide bonds. The van der Waals surface area contributed by atoms with Crippen molar-refractivity contribution < 1.29 is 72.8 Å². The van der Waals surface area contributed by atoms with E-state index in [1.165, 1.54) is 26.0 Å². The van der Waals surface area contributed by atoms with Crippen LogP contribution in [0.2, 0.25) is 0 Å². The van der Waals surface area contributed by atoms with Gasteiger partial charge in [-0.1, -0.05) is 62.4 Å². The predicted molar refractivity (Wildman–Crippen MR) is 222 cm³/mol.